The van der Waals surface area contributed by atoms with E-state index in [1.54, 1.807) is 0 Å². The third kappa shape index (κ3) is 5.64. The molecule has 2 aromatic carbocycles. The highest BCUT2D eigenvalue weighted by Gasteiger charge is 2.45. The van der Waals surface area contributed by atoms with Gasteiger partial charge in [0.2, 0.25) is 15.9 Å². The Bertz CT molecular complexity index is 1200. The molecule has 2 aromatic rings. The van der Waals surface area contributed by atoms with Gasteiger partial charge in [-0.25, -0.2) is 25.6 Å². The predicted octanol–water partition coefficient (Wildman–Crippen LogP) is 2.85. The summed E-state index contributed by atoms with van der Waals surface area (Å²) in [5.74, 6) is -4.08. The van der Waals surface area contributed by atoms with Crippen LogP contribution in [0.25, 0.3) is 0 Å². The van der Waals surface area contributed by atoms with Crippen molar-refractivity contribution >= 4 is 37.4 Å². The van der Waals surface area contributed by atoms with E-state index in [0.717, 1.165) is 10.6 Å². The van der Waals surface area contributed by atoms with Crippen LogP contribution in [0.1, 0.15) is 18.4 Å². The van der Waals surface area contributed by atoms with Crippen molar-refractivity contribution in [3.05, 3.63) is 59.1 Å². The minimum absolute atomic E-state index is 0.0205. The molecule has 1 heterocycles. The van der Waals surface area contributed by atoms with Gasteiger partial charge in [0.1, 0.15) is 6.04 Å². The Morgan fingerprint density at radius 1 is 1.03 bits per heavy atom. The number of nitrogens with one attached hydrogen (secondary N) is 1. The molecule has 1 aliphatic heterocycles. The number of carbonyl (C=O) groups excluding carboxylic acids is 1. The van der Waals surface area contributed by atoms with E-state index in [1.165, 1.54) is 48.5 Å². The molecule has 0 spiro atoms. The lowest BCUT2D eigenvalue weighted by atomic mass is 10.1. The molecule has 12 heteroatoms. The standard InChI is InChI=1S/C20H21ClF2N2O5S2/c1-31(27,28)16-6-2-14(3-7-16)13-25(18-12-20(22,23)10-11-24-19(18)26)32(29,30)17-8-4-15(21)5-9-17/h2-9,18H,10-13H2,1H3,(H,24,26). The summed E-state index contributed by atoms with van der Waals surface area (Å²) in [5.41, 5.74) is 0.329. The number of sulfone groups is 1. The minimum Gasteiger partial charge on any atom is -0.354 e. The number of hydrogen-bond donors (Lipinski definition) is 1. The number of carbonyl (C=O) groups is 1. The topological polar surface area (TPSA) is 101 Å². The molecular formula is C20H21ClF2N2O5S2. The number of amides is 1. The van der Waals surface area contributed by atoms with Gasteiger partial charge in [0.15, 0.2) is 9.84 Å². The normalized spacial score (nSPS) is 19.4. The van der Waals surface area contributed by atoms with Gasteiger partial charge in [0.25, 0.3) is 5.92 Å². The van der Waals surface area contributed by atoms with Crippen LogP contribution in [0.15, 0.2) is 58.3 Å². The highest BCUT2D eigenvalue weighted by Crippen LogP contribution is 2.32. The molecule has 1 fully saturated rings. The van der Waals surface area contributed by atoms with Crippen molar-refractivity contribution in [3.8, 4) is 0 Å². The van der Waals surface area contributed by atoms with Gasteiger partial charge in [-0.05, 0) is 42.0 Å². The molecular weight excluding hydrogens is 486 g/mol. The zero-order valence-corrected chi connectivity index (χ0v) is 19.4. The molecule has 1 amide bonds. The summed E-state index contributed by atoms with van der Waals surface area (Å²) >= 11 is 5.83. The smallest absolute Gasteiger partial charge is 0.251 e. The van der Waals surface area contributed by atoms with E-state index in [1.807, 2.05) is 0 Å². The quantitative estimate of drug-likeness (QED) is 0.649. The number of halogens is 3. The van der Waals surface area contributed by atoms with E-state index in [4.69, 9.17) is 11.6 Å². The Labute approximate surface area is 190 Å². The summed E-state index contributed by atoms with van der Waals surface area (Å²) in [6.07, 6.45) is -0.558. The Morgan fingerprint density at radius 2 is 1.59 bits per heavy atom. The molecule has 1 unspecified atom stereocenters. The van der Waals surface area contributed by atoms with Crippen LogP contribution in [-0.2, 0) is 31.2 Å². The molecule has 1 atom stereocenters. The number of hydrogen-bond acceptors (Lipinski definition) is 5. The number of benzene rings is 2. The molecule has 1 saturated heterocycles. The molecule has 174 valence electrons. The van der Waals surface area contributed by atoms with Gasteiger partial charge in [-0.2, -0.15) is 4.31 Å². The molecule has 7 nitrogen and oxygen atoms in total. The SMILES string of the molecule is CS(=O)(=O)c1ccc(CN(C2CC(F)(F)CCNC2=O)S(=O)(=O)c2ccc(Cl)cc2)cc1. The van der Waals surface area contributed by atoms with E-state index in [0.29, 0.717) is 5.56 Å². The molecule has 1 N–H and O–H groups in total. The lowest BCUT2D eigenvalue weighted by molar-refractivity contribution is -0.126. The maximum Gasteiger partial charge on any atom is 0.251 e. The zero-order valence-electron chi connectivity index (χ0n) is 17.0. The minimum atomic E-state index is -4.39. The van der Waals surface area contributed by atoms with Crippen LogP contribution < -0.4 is 5.32 Å². The molecule has 1 aliphatic rings. The van der Waals surface area contributed by atoms with Crippen LogP contribution in [0.4, 0.5) is 8.78 Å². The van der Waals surface area contributed by atoms with Crippen LogP contribution in [0.5, 0.6) is 0 Å². The zero-order chi connectivity index (χ0) is 23.7. The second kappa shape index (κ2) is 9.05. The van der Waals surface area contributed by atoms with Crippen molar-refractivity contribution in [3.63, 3.8) is 0 Å². The Hall–Kier alpha value is -2.08. The fourth-order valence-electron chi connectivity index (χ4n) is 3.32. The highest BCUT2D eigenvalue weighted by atomic mass is 35.5. The summed E-state index contributed by atoms with van der Waals surface area (Å²) in [7, 11) is -7.87. The largest absolute Gasteiger partial charge is 0.354 e. The van der Waals surface area contributed by atoms with E-state index >= 15 is 0 Å². The summed E-state index contributed by atoms with van der Waals surface area (Å²) in [4.78, 5) is 12.4. The molecule has 0 radical (unpaired) electrons. The first kappa shape index (κ1) is 24.6. The first-order chi connectivity index (χ1) is 14.8. The first-order valence-electron chi connectivity index (χ1n) is 9.52. The van der Waals surface area contributed by atoms with Crippen LogP contribution >= 0.6 is 11.6 Å². The fraction of sp³-hybridized carbons (Fsp3) is 0.350. The van der Waals surface area contributed by atoms with Crippen molar-refractivity contribution in [1.82, 2.24) is 9.62 Å². The number of alkyl halides is 2. The summed E-state index contributed by atoms with van der Waals surface area (Å²) in [6, 6.07) is 8.82. The molecule has 3 rings (SSSR count). The highest BCUT2D eigenvalue weighted by molar-refractivity contribution is 7.90. The molecule has 0 aliphatic carbocycles. The van der Waals surface area contributed by atoms with Crippen molar-refractivity contribution < 1.29 is 30.4 Å². The van der Waals surface area contributed by atoms with Crippen LogP contribution in [0.2, 0.25) is 5.02 Å². The maximum absolute atomic E-state index is 14.3. The van der Waals surface area contributed by atoms with E-state index in [9.17, 15) is 30.4 Å². The van der Waals surface area contributed by atoms with E-state index in [2.05, 4.69) is 5.32 Å². The summed E-state index contributed by atoms with van der Waals surface area (Å²) in [5, 5.41) is 2.64. The van der Waals surface area contributed by atoms with E-state index in [-0.39, 0.29) is 21.4 Å². The van der Waals surface area contributed by atoms with Crippen molar-refractivity contribution in [2.24, 2.45) is 0 Å². The average Bonchev–Trinajstić information content (AvgIpc) is 2.83. The van der Waals surface area contributed by atoms with Gasteiger partial charge in [0.05, 0.1) is 9.79 Å². The number of nitrogens with zero attached hydrogens (tertiary/aromatic N) is 1. The molecule has 32 heavy (non-hydrogen) atoms. The third-order valence-electron chi connectivity index (χ3n) is 5.04. The first-order valence-corrected chi connectivity index (χ1v) is 13.2. The lowest BCUT2D eigenvalue weighted by Crippen LogP contribution is -2.49. The second-order valence-electron chi connectivity index (χ2n) is 7.54. The molecule has 0 aromatic heterocycles. The second-order valence-corrected chi connectivity index (χ2v) is 11.9. The van der Waals surface area contributed by atoms with Gasteiger partial charge in [-0.3, -0.25) is 4.79 Å². The summed E-state index contributed by atoms with van der Waals surface area (Å²) < 4.78 is 79.5. The van der Waals surface area contributed by atoms with Gasteiger partial charge in [0, 0.05) is 37.2 Å². The monoisotopic (exact) mass is 506 g/mol. The Kier molecular flexibility index (Phi) is 6.94. The van der Waals surface area contributed by atoms with Crippen LogP contribution in [-0.4, -0.2) is 51.8 Å². The average molecular weight is 507 g/mol. The van der Waals surface area contributed by atoms with Gasteiger partial charge in [-0.15, -0.1) is 0 Å². The summed E-state index contributed by atoms with van der Waals surface area (Å²) in [6.45, 7) is -0.691. The van der Waals surface area contributed by atoms with Crippen LogP contribution in [0, 0.1) is 0 Å². The Morgan fingerprint density at radius 3 is 2.16 bits per heavy atom. The van der Waals surface area contributed by atoms with Gasteiger partial charge in [-0.1, -0.05) is 23.7 Å². The number of sulfonamides is 1. The van der Waals surface area contributed by atoms with Crippen molar-refractivity contribution in [2.75, 3.05) is 12.8 Å². The van der Waals surface area contributed by atoms with E-state index < -0.39 is 57.1 Å². The van der Waals surface area contributed by atoms with Crippen molar-refractivity contribution in [2.45, 2.75) is 41.1 Å². The fourth-order valence-corrected chi connectivity index (χ4v) is 5.65. The molecule has 0 saturated carbocycles. The lowest BCUT2D eigenvalue weighted by Gasteiger charge is -2.30. The Balaban J connectivity index is 2.06. The number of rotatable bonds is 6. The van der Waals surface area contributed by atoms with Crippen LogP contribution in [0.3, 0.4) is 0 Å². The third-order valence-corrected chi connectivity index (χ3v) is 8.29. The van der Waals surface area contributed by atoms with Gasteiger partial charge < -0.3 is 5.32 Å². The van der Waals surface area contributed by atoms with Gasteiger partial charge >= 0.3 is 0 Å². The van der Waals surface area contributed by atoms with Crippen molar-refractivity contribution in [1.29, 1.82) is 0 Å². The maximum atomic E-state index is 14.3. The molecule has 0 bridgehead atoms. The predicted molar refractivity (Wildman–Crippen MR) is 115 cm³/mol.